The first-order valence-corrected chi connectivity index (χ1v) is 8.69. The number of rotatable bonds is 5. The second-order valence-electron chi connectivity index (χ2n) is 3.65. The monoisotopic (exact) mass is 393 g/mol. The number of nitrogens with one attached hydrogen (secondary N) is 1. The van der Waals surface area contributed by atoms with Gasteiger partial charge in [0.1, 0.15) is 0 Å². The van der Waals surface area contributed by atoms with Gasteiger partial charge in [0.2, 0.25) is 0 Å². The maximum atomic E-state index is 3.62. The topological polar surface area (TPSA) is 12.0 Å². The van der Waals surface area contributed by atoms with E-state index in [-0.39, 0.29) is 0 Å². The molecule has 0 aliphatic rings. The molecule has 5 heteroatoms. The van der Waals surface area contributed by atoms with Gasteiger partial charge in [-0.25, -0.2) is 0 Å². The van der Waals surface area contributed by atoms with Crippen LogP contribution >= 0.6 is 54.5 Å². The van der Waals surface area contributed by atoms with Crippen molar-refractivity contribution in [2.24, 2.45) is 0 Å². The highest BCUT2D eigenvalue weighted by atomic mass is 79.9. The zero-order chi connectivity index (χ0) is 12.3. The molecule has 0 saturated heterocycles. The Balaban J connectivity index is 2.15. The molecule has 0 bridgehead atoms. The number of likely N-dealkylation sites (N-methyl/N-ethyl adjacent to an activating group) is 1. The lowest BCUT2D eigenvalue weighted by molar-refractivity contribution is 0.560. The van der Waals surface area contributed by atoms with Crippen LogP contribution in [0.25, 0.3) is 0 Å². The molecule has 92 valence electrons. The lowest BCUT2D eigenvalue weighted by Gasteiger charge is -2.16. The molecule has 0 fully saturated rings. The third kappa shape index (κ3) is 3.64. The molecule has 2 aromatic heterocycles. The molecule has 1 atom stereocenters. The number of halogens is 2. The zero-order valence-corrected chi connectivity index (χ0v) is 14.2. The lowest BCUT2D eigenvalue weighted by atomic mass is 10.1. The molecule has 2 rings (SSSR count). The van der Waals surface area contributed by atoms with Crippen molar-refractivity contribution in [1.29, 1.82) is 0 Å². The summed E-state index contributed by atoms with van der Waals surface area (Å²) in [5.41, 5.74) is 0. The van der Waals surface area contributed by atoms with Crippen molar-refractivity contribution in [1.82, 2.24) is 5.32 Å². The average molecular weight is 395 g/mol. The highest BCUT2D eigenvalue weighted by Crippen LogP contribution is 2.33. The maximum absolute atomic E-state index is 3.62. The van der Waals surface area contributed by atoms with E-state index in [2.05, 4.69) is 67.7 Å². The summed E-state index contributed by atoms with van der Waals surface area (Å²) in [4.78, 5) is 2.79. The summed E-state index contributed by atoms with van der Waals surface area (Å²) in [5.74, 6) is 0. The Hall–Kier alpha value is 0.320. The number of hydrogen-bond acceptors (Lipinski definition) is 3. The van der Waals surface area contributed by atoms with E-state index in [1.165, 1.54) is 18.0 Å². The minimum atomic E-state index is 0.403. The van der Waals surface area contributed by atoms with Gasteiger partial charge in [0, 0.05) is 26.7 Å². The van der Waals surface area contributed by atoms with Crippen LogP contribution in [0.5, 0.6) is 0 Å². The maximum Gasteiger partial charge on any atom is 0.0701 e. The first kappa shape index (κ1) is 13.7. The highest BCUT2D eigenvalue weighted by Gasteiger charge is 2.16. The van der Waals surface area contributed by atoms with Crippen LogP contribution in [0.1, 0.15) is 22.7 Å². The Labute approximate surface area is 127 Å². The van der Waals surface area contributed by atoms with E-state index in [9.17, 15) is 0 Å². The molecule has 2 heterocycles. The molecule has 0 amide bonds. The summed E-state index contributed by atoms with van der Waals surface area (Å²) < 4.78 is 2.41. The van der Waals surface area contributed by atoms with Crippen molar-refractivity contribution >= 4 is 54.5 Å². The molecule has 0 spiro atoms. The van der Waals surface area contributed by atoms with Gasteiger partial charge in [-0.3, -0.25) is 0 Å². The van der Waals surface area contributed by atoms with Gasteiger partial charge < -0.3 is 5.32 Å². The molecule has 1 unspecified atom stereocenters. The van der Waals surface area contributed by atoms with Crippen LogP contribution in [0.2, 0.25) is 0 Å². The van der Waals surface area contributed by atoms with Crippen LogP contribution in [0, 0.1) is 0 Å². The summed E-state index contributed by atoms with van der Waals surface area (Å²) in [7, 11) is 0. The van der Waals surface area contributed by atoms with E-state index < -0.39 is 0 Å². The Kier molecular flexibility index (Phi) is 5.24. The molecule has 0 aromatic carbocycles. The Morgan fingerprint density at radius 1 is 1.29 bits per heavy atom. The van der Waals surface area contributed by atoms with E-state index in [1.54, 1.807) is 0 Å². The smallest absolute Gasteiger partial charge is 0.0701 e. The first-order chi connectivity index (χ1) is 8.20. The fourth-order valence-corrected chi connectivity index (χ4v) is 4.98. The Morgan fingerprint density at radius 2 is 2.12 bits per heavy atom. The second-order valence-corrected chi connectivity index (χ2v) is 8.00. The second kappa shape index (κ2) is 6.48. The van der Waals surface area contributed by atoms with E-state index in [4.69, 9.17) is 0 Å². The fourth-order valence-electron chi connectivity index (χ4n) is 1.72. The van der Waals surface area contributed by atoms with Gasteiger partial charge >= 0.3 is 0 Å². The Bertz CT molecular complexity index is 478. The summed E-state index contributed by atoms with van der Waals surface area (Å²) in [6, 6.07) is 6.84. The quantitative estimate of drug-likeness (QED) is 0.732. The molecule has 0 aliphatic heterocycles. The highest BCUT2D eigenvalue weighted by molar-refractivity contribution is 9.11. The van der Waals surface area contributed by atoms with Crippen molar-refractivity contribution in [3.05, 3.63) is 41.6 Å². The zero-order valence-electron chi connectivity index (χ0n) is 9.37. The lowest BCUT2D eigenvalue weighted by Crippen LogP contribution is -2.22. The SMILES string of the molecule is CCNC(Cc1ccc(Br)s1)c1sccc1Br. The van der Waals surface area contributed by atoms with Gasteiger partial charge in [0.25, 0.3) is 0 Å². The van der Waals surface area contributed by atoms with Crippen molar-refractivity contribution in [2.75, 3.05) is 6.54 Å². The molecule has 0 radical (unpaired) electrons. The predicted octanol–water partition coefficient (Wildman–Crippen LogP) is 5.23. The standard InChI is InChI=1S/C12H13Br2NS2/c1-2-15-10(12-9(13)5-6-16-12)7-8-3-4-11(14)17-8/h3-6,10,15H,2,7H2,1H3. The van der Waals surface area contributed by atoms with E-state index in [0.29, 0.717) is 6.04 Å². The summed E-state index contributed by atoms with van der Waals surface area (Å²) in [6.07, 6.45) is 1.04. The first-order valence-electron chi connectivity index (χ1n) is 5.41. The van der Waals surface area contributed by atoms with Crippen LogP contribution in [-0.4, -0.2) is 6.54 Å². The molecule has 1 N–H and O–H groups in total. The summed E-state index contributed by atoms with van der Waals surface area (Å²) in [5, 5.41) is 5.69. The van der Waals surface area contributed by atoms with Crippen molar-refractivity contribution in [3.8, 4) is 0 Å². The van der Waals surface area contributed by atoms with E-state index >= 15 is 0 Å². The largest absolute Gasteiger partial charge is 0.309 e. The van der Waals surface area contributed by atoms with Gasteiger partial charge in [0.05, 0.1) is 3.79 Å². The molecular formula is C12H13Br2NS2. The third-order valence-electron chi connectivity index (χ3n) is 2.45. The molecular weight excluding hydrogens is 382 g/mol. The van der Waals surface area contributed by atoms with Gasteiger partial charge in [-0.1, -0.05) is 6.92 Å². The predicted molar refractivity (Wildman–Crippen MR) is 84.2 cm³/mol. The normalized spacial score (nSPS) is 12.9. The van der Waals surface area contributed by atoms with Crippen LogP contribution in [0.15, 0.2) is 31.8 Å². The van der Waals surface area contributed by atoms with Gasteiger partial charge in [-0.05, 0) is 62.0 Å². The average Bonchev–Trinajstić information content (AvgIpc) is 2.87. The van der Waals surface area contributed by atoms with E-state index in [0.717, 1.165) is 13.0 Å². The number of hydrogen-bond donors (Lipinski definition) is 1. The van der Waals surface area contributed by atoms with Crippen molar-refractivity contribution in [2.45, 2.75) is 19.4 Å². The fraction of sp³-hybridized carbons (Fsp3) is 0.333. The molecule has 1 nitrogen and oxygen atoms in total. The number of thiophene rings is 2. The van der Waals surface area contributed by atoms with Gasteiger partial charge in [-0.2, -0.15) is 0 Å². The minimum Gasteiger partial charge on any atom is -0.309 e. The van der Waals surface area contributed by atoms with E-state index in [1.807, 2.05) is 22.7 Å². The molecule has 0 saturated carbocycles. The summed E-state index contributed by atoms with van der Waals surface area (Å²) >= 11 is 10.8. The summed E-state index contributed by atoms with van der Waals surface area (Å²) in [6.45, 7) is 3.14. The third-order valence-corrected chi connectivity index (χ3v) is 6.08. The minimum absolute atomic E-state index is 0.403. The van der Waals surface area contributed by atoms with Gasteiger partial charge in [0.15, 0.2) is 0 Å². The molecule has 2 aromatic rings. The molecule has 17 heavy (non-hydrogen) atoms. The Morgan fingerprint density at radius 3 is 2.65 bits per heavy atom. The molecule has 0 aliphatic carbocycles. The van der Waals surface area contributed by atoms with Crippen LogP contribution in [-0.2, 0) is 6.42 Å². The van der Waals surface area contributed by atoms with Crippen LogP contribution in [0.3, 0.4) is 0 Å². The van der Waals surface area contributed by atoms with Gasteiger partial charge in [-0.15, -0.1) is 22.7 Å². The van der Waals surface area contributed by atoms with Crippen molar-refractivity contribution in [3.63, 3.8) is 0 Å². The van der Waals surface area contributed by atoms with Crippen molar-refractivity contribution < 1.29 is 0 Å². The van der Waals surface area contributed by atoms with Crippen LogP contribution < -0.4 is 5.32 Å². The van der Waals surface area contributed by atoms with Crippen LogP contribution in [0.4, 0.5) is 0 Å².